The summed E-state index contributed by atoms with van der Waals surface area (Å²) in [7, 11) is 0. The van der Waals surface area contributed by atoms with Crippen molar-refractivity contribution < 1.29 is 23.5 Å². The van der Waals surface area contributed by atoms with Gasteiger partial charge in [-0.3, -0.25) is 9.59 Å². The van der Waals surface area contributed by atoms with Crippen LogP contribution in [0.5, 0.6) is 11.5 Å². The molecule has 5 nitrogen and oxygen atoms in total. The molecule has 0 saturated carbocycles. The summed E-state index contributed by atoms with van der Waals surface area (Å²) in [5, 5.41) is 2.50. The molecule has 1 aliphatic rings. The smallest absolute Gasteiger partial charge is 0.224 e. The molecule has 25 heavy (non-hydrogen) atoms. The monoisotopic (exact) mass is 343 g/mol. The van der Waals surface area contributed by atoms with Crippen LogP contribution in [-0.4, -0.2) is 24.9 Å². The predicted octanol–water partition coefficient (Wildman–Crippen LogP) is 3.51. The van der Waals surface area contributed by atoms with Gasteiger partial charge in [-0.1, -0.05) is 6.07 Å². The summed E-state index contributed by atoms with van der Waals surface area (Å²) in [4.78, 5) is 24.2. The van der Waals surface area contributed by atoms with E-state index in [4.69, 9.17) is 9.47 Å². The first kappa shape index (κ1) is 17.0. The molecule has 0 unspecified atom stereocenters. The Bertz CT molecular complexity index is 819. The summed E-state index contributed by atoms with van der Waals surface area (Å²) in [6.45, 7) is 2.73. The highest BCUT2D eigenvalue weighted by Crippen LogP contribution is 2.31. The van der Waals surface area contributed by atoms with Crippen LogP contribution < -0.4 is 14.8 Å². The molecular weight excluding hydrogens is 325 g/mol. The summed E-state index contributed by atoms with van der Waals surface area (Å²) < 4.78 is 24.5. The molecule has 6 heteroatoms. The quantitative estimate of drug-likeness (QED) is 0.844. The highest BCUT2D eigenvalue weighted by atomic mass is 19.1. The second kappa shape index (κ2) is 7.34. The molecule has 0 radical (unpaired) electrons. The number of rotatable bonds is 5. The molecule has 2 aromatic carbocycles. The van der Waals surface area contributed by atoms with E-state index in [1.54, 1.807) is 37.3 Å². The Morgan fingerprint density at radius 2 is 1.80 bits per heavy atom. The van der Waals surface area contributed by atoms with Gasteiger partial charge in [0.15, 0.2) is 17.3 Å². The summed E-state index contributed by atoms with van der Waals surface area (Å²) in [5.74, 6) is 0.0446. The highest BCUT2D eigenvalue weighted by Gasteiger charge is 2.16. The second-order valence-corrected chi connectivity index (χ2v) is 5.81. The lowest BCUT2D eigenvalue weighted by Crippen LogP contribution is -2.16. The van der Waals surface area contributed by atoms with Crippen molar-refractivity contribution in [3.05, 3.63) is 53.3 Å². The lowest BCUT2D eigenvalue weighted by Gasteiger charge is -2.18. The molecule has 0 atom stereocenters. The van der Waals surface area contributed by atoms with Gasteiger partial charge in [0.2, 0.25) is 5.91 Å². The number of benzene rings is 2. The zero-order chi connectivity index (χ0) is 17.8. The van der Waals surface area contributed by atoms with Crippen LogP contribution in [0.25, 0.3) is 0 Å². The van der Waals surface area contributed by atoms with Crippen LogP contribution >= 0.6 is 0 Å². The number of ketones is 1. The van der Waals surface area contributed by atoms with Crippen molar-refractivity contribution >= 4 is 17.4 Å². The predicted molar refractivity (Wildman–Crippen MR) is 90.8 cm³/mol. The highest BCUT2D eigenvalue weighted by molar-refractivity contribution is 6.00. The van der Waals surface area contributed by atoms with Crippen LogP contribution in [0.15, 0.2) is 36.4 Å². The number of carbonyl (C=O) groups excluding carboxylic acids is 2. The van der Waals surface area contributed by atoms with Gasteiger partial charge in [0.25, 0.3) is 0 Å². The van der Waals surface area contributed by atoms with E-state index in [1.807, 2.05) is 0 Å². The van der Waals surface area contributed by atoms with E-state index < -0.39 is 11.7 Å². The van der Waals surface area contributed by atoms with E-state index in [1.165, 1.54) is 6.07 Å². The number of hydrogen-bond acceptors (Lipinski definition) is 4. The largest absolute Gasteiger partial charge is 0.486 e. The van der Waals surface area contributed by atoms with Gasteiger partial charge in [0.05, 0.1) is 5.69 Å². The molecule has 1 N–H and O–H groups in total. The number of Topliss-reactive ketones (excluding diaryl/α,β-unsaturated/α-hetero) is 1. The minimum atomic E-state index is -0.503. The molecule has 3 rings (SSSR count). The van der Waals surface area contributed by atoms with Crippen molar-refractivity contribution in [2.24, 2.45) is 0 Å². The Balaban J connectivity index is 1.58. The Kier molecular flexibility index (Phi) is 4.97. The van der Waals surface area contributed by atoms with Crippen LogP contribution in [0.1, 0.15) is 28.8 Å². The number of hydrogen-bond donors (Lipinski definition) is 1. The molecule has 0 fully saturated rings. The molecule has 130 valence electrons. The van der Waals surface area contributed by atoms with Crippen LogP contribution in [0.2, 0.25) is 0 Å². The number of fused-ring (bicyclic) bond motifs is 1. The van der Waals surface area contributed by atoms with Gasteiger partial charge in [0.1, 0.15) is 19.0 Å². The Morgan fingerprint density at radius 3 is 2.60 bits per heavy atom. The van der Waals surface area contributed by atoms with Gasteiger partial charge in [-0.25, -0.2) is 4.39 Å². The van der Waals surface area contributed by atoms with Crippen molar-refractivity contribution in [1.82, 2.24) is 0 Å². The number of carbonyl (C=O) groups is 2. The number of aryl methyl sites for hydroxylation is 1. The maximum Gasteiger partial charge on any atom is 0.224 e. The fourth-order valence-corrected chi connectivity index (χ4v) is 2.54. The molecule has 1 aliphatic heterocycles. The summed E-state index contributed by atoms with van der Waals surface area (Å²) in [5.41, 5.74) is 1.42. The zero-order valence-corrected chi connectivity index (χ0v) is 13.8. The molecule has 1 amide bonds. The second-order valence-electron chi connectivity index (χ2n) is 5.81. The third-order valence-electron chi connectivity index (χ3n) is 3.84. The maximum absolute atomic E-state index is 13.6. The maximum atomic E-state index is 13.6. The third kappa shape index (κ3) is 4.15. The van der Waals surface area contributed by atoms with Gasteiger partial charge in [-0.15, -0.1) is 0 Å². The molecular formula is C19H18FNO4. The fourth-order valence-electron chi connectivity index (χ4n) is 2.54. The standard InChI is InChI=1S/C19H18FNO4/c1-12-2-4-14(20)15(10-12)21-19(23)7-5-16(22)13-3-6-17-18(11-13)25-9-8-24-17/h2-4,6,10-11H,5,7-9H2,1H3,(H,21,23). The fraction of sp³-hybridized carbons (Fsp3) is 0.263. The average molecular weight is 343 g/mol. The molecule has 0 aromatic heterocycles. The summed E-state index contributed by atoms with van der Waals surface area (Å²) in [6, 6.07) is 9.42. The minimum absolute atomic E-state index is 0.0267. The topological polar surface area (TPSA) is 64.6 Å². The number of nitrogens with one attached hydrogen (secondary N) is 1. The van der Waals surface area contributed by atoms with E-state index in [0.29, 0.717) is 30.3 Å². The SMILES string of the molecule is Cc1ccc(F)c(NC(=O)CCC(=O)c2ccc3c(c2)OCCO3)c1. The Hall–Kier alpha value is -2.89. The Labute approximate surface area is 144 Å². The number of anilines is 1. The molecule has 1 heterocycles. The van der Waals surface area contributed by atoms with Crippen LogP contribution in [0.4, 0.5) is 10.1 Å². The average Bonchev–Trinajstić information content (AvgIpc) is 2.62. The zero-order valence-electron chi connectivity index (χ0n) is 13.8. The van der Waals surface area contributed by atoms with Crippen LogP contribution in [0, 0.1) is 12.7 Å². The third-order valence-corrected chi connectivity index (χ3v) is 3.84. The molecule has 0 spiro atoms. The van der Waals surface area contributed by atoms with Gasteiger partial charge < -0.3 is 14.8 Å². The first-order valence-electron chi connectivity index (χ1n) is 8.02. The minimum Gasteiger partial charge on any atom is -0.486 e. The van der Waals surface area contributed by atoms with Gasteiger partial charge in [-0.05, 0) is 42.8 Å². The van der Waals surface area contributed by atoms with Crippen molar-refractivity contribution in [3.8, 4) is 11.5 Å². The Morgan fingerprint density at radius 1 is 1.04 bits per heavy atom. The van der Waals surface area contributed by atoms with Crippen molar-refractivity contribution in [1.29, 1.82) is 0 Å². The molecule has 0 bridgehead atoms. The first-order valence-corrected chi connectivity index (χ1v) is 8.02. The molecule has 2 aromatic rings. The number of ether oxygens (including phenoxy) is 2. The van der Waals surface area contributed by atoms with Crippen LogP contribution in [-0.2, 0) is 4.79 Å². The van der Waals surface area contributed by atoms with E-state index in [-0.39, 0.29) is 24.3 Å². The number of halogens is 1. The first-order chi connectivity index (χ1) is 12.0. The van der Waals surface area contributed by atoms with Crippen LogP contribution in [0.3, 0.4) is 0 Å². The normalized spacial score (nSPS) is 12.6. The van der Waals surface area contributed by atoms with Gasteiger partial charge in [-0.2, -0.15) is 0 Å². The van der Waals surface area contributed by atoms with Gasteiger partial charge in [0, 0.05) is 18.4 Å². The lowest BCUT2D eigenvalue weighted by atomic mass is 10.1. The summed E-state index contributed by atoms with van der Waals surface area (Å²) in [6.07, 6.45) is -0.000428. The lowest BCUT2D eigenvalue weighted by molar-refractivity contribution is -0.116. The molecule has 0 saturated heterocycles. The van der Waals surface area contributed by atoms with E-state index >= 15 is 0 Å². The van der Waals surface area contributed by atoms with E-state index in [9.17, 15) is 14.0 Å². The van der Waals surface area contributed by atoms with E-state index in [2.05, 4.69) is 5.32 Å². The van der Waals surface area contributed by atoms with Gasteiger partial charge >= 0.3 is 0 Å². The van der Waals surface area contributed by atoms with E-state index in [0.717, 1.165) is 5.56 Å². The molecule has 0 aliphatic carbocycles. The summed E-state index contributed by atoms with van der Waals surface area (Å²) >= 11 is 0. The van der Waals surface area contributed by atoms with Crippen molar-refractivity contribution in [2.45, 2.75) is 19.8 Å². The number of amides is 1. The van der Waals surface area contributed by atoms with Crippen molar-refractivity contribution in [2.75, 3.05) is 18.5 Å². The van der Waals surface area contributed by atoms with Crippen molar-refractivity contribution in [3.63, 3.8) is 0 Å².